The van der Waals surface area contributed by atoms with Gasteiger partial charge in [0, 0.05) is 29.0 Å². The molecule has 0 aliphatic heterocycles. The first-order valence-corrected chi connectivity index (χ1v) is 8.92. The van der Waals surface area contributed by atoms with Crippen LogP contribution in [0.2, 0.25) is 0 Å². The number of nitriles is 1. The van der Waals surface area contributed by atoms with Gasteiger partial charge in [-0.1, -0.05) is 28.1 Å². The highest BCUT2D eigenvalue weighted by Gasteiger charge is 2.21. The molecule has 0 saturated carbocycles. The smallest absolute Gasteiger partial charge is 0.345 e. The van der Waals surface area contributed by atoms with E-state index in [0.717, 1.165) is 10.0 Å². The highest BCUT2D eigenvalue weighted by atomic mass is 79.9. The Bertz CT molecular complexity index is 1090. The minimum Gasteiger partial charge on any atom is -0.462 e. The third-order valence-corrected chi connectivity index (χ3v) is 4.62. The zero-order chi connectivity index (χ0) is 18.8. The molecule has 3 aromatic rings. The standard InChI is InChI=1S/C19H16BrN3O3/c1-3-22-10-16(19(25)26-4-2)18(24)23-11-15(14(9-21)17(22)23)12-5-7-13(20)8-6-12/h5-8,10-11H,3-4H2,1-2H3. The van der Waals surface area contributed by atoms with Crippen molar-refractivity contribution in [3.63, 3.8) is 0 Å². The summed E-state index contributed by atoms with van der Waals surface area (Å²) in [6.45, 7) is 4.24. The molecule has 0 amide bonds. The summed E-state index contributed by atoms with van der Waals surface area (Å²) in [5.74, 6) is -0.668. The van der Waals surface area contributed by atoms with Crippen LogP contribution in [0.3, 0.4) is 0 Å². The van der Waals surface area contributed by atoms with Crippen LogP contribution < -0.4 is 5.56 Å². The maximum absolute atomic E-state index is 12.8. The van der Waals surface area contributed by atoms with Crippen molar-refractivity contribution >= 4 is 27.5 Å². The lowest BCUT2D eigenvalue weighted by atomic mass is 10.1. The molecule has 0 aliphatic carbocycles. The maximum Gasteiger partial charge on any atom is 0.345 e. The van der Waals surface area contributed by atoms with Crippen molar-refractivity contribution in [2.45, 2.75) is 20.4 Å². The van der Waals surface area contributed by atoms with Crippen LogP contribution in [0.1, 0.15) is 29.8 Å². The fourth-order valence-electron chi connectivity index (χ4n) is 2.88. The molecule has 0 radical (unpaired) electrons. The van der Waals surface area contributed by atoms with Gasteiger partial charge in [0.05, 0.1) is 6.61 Å². The Hall–Kier alpha value is -2.85. The van der Waals surface area contributed by atoms with Crippen LogP contribution in [0, 0.1) is 11.3 Å². The van der Waals surface area contributed by atoms with Crippen LogP contribution in [-0.2, 0) is 11.3 Å². The van der Waals surface area contributed by atoms with E-state index in [0.29, 0.717) is 23.3 Å². The average Bonchev–Trinajstić information content (AvgIpc) is 3.03. The SMILES string of the molecule is CCOC(=O)c1cn(CC)c2c(C#N)c(-c3ccc(Br)cc3)cn2c1=O. The molecule has 0 N–H and O–H groups in total. The summed E-state index contributed by atoms with van der Waals surface area (Å²) in [6.07, 6.45) is 3.07. The van der Waals surface area contributed by atoms with Gasteiger partial charge in [-0.15, -0.1) is 0 Å². The number of aromatic nitrogens is 2. The third kappa shape index (κ3) is 2.93. The van der Waals surface area contributed by atoms with Crippen molar-refractivity contribution in [2.24, 2.45) is 0 Å². The van der Waals surface area contributed by atoms with Gasteiger partial charge in [-0.3, -0.25) is 9.20 Å². The zero-order valence-corrected chi connectivity index (χ0v) is 15.9. The van der Waals surface area contributed by atoms with Crippen molar-refractivity contribution < 1.29 is 9.53 Å². The second-order valence-corrected chi connectivity index (χ2v) is 6.50. The minimum atomic E-state index is -0.668. The van der Waals surface area contributed by atoms with E-state index in [1.807, 2.05) is 31.2 Å². The average molecular weight is 414 g/mol. The van der Waals surface area contributed by atoms with Crippen LogP contribution in [0.25, 0.3) is 16.8 Å². The van der Waals surface area contributed by atoms with E-state index >= 15 is 0 Å². The van der Waals surface area contributed by atoms with Crippen LogP contribution in [-0.4, -0.2) is 21.5 Å². The molecule has 1 aromatic carbocycles. The Balaban J connectivity index is 2.35. The Kier molecular flexibility index (Phi) is 4.96. The summed E-state index contributed by atoms with van der Waals surface area (Å²) in [5.41, 5.74) is 1.76. The predicted molar refractivity (Wildman–Crippen MR) is 101 cm³/mol. The van der Waals surface area contributed by atoms with Gasteiger partial charge < -0.3 is 9.30 Å². The molecule has 132 valence electrons. The summed E-state index contributed by atoms with van der Waals surface area (Å²) >= 11 is 3.39. The molecule has 3 rings (SSSR count). The Morgan fingerprint density at radius 2 is 1.92 bits per heavy atom. The van der Waals surface area contributed by atoms with Gasteiger partial charge in [-0.05, 0) is 31.5 Å². The van der Waals surface area contributed by atoms with Gasteiger partial charge in [0.2, 0.25) is 0 Å². The van der Waals surface area contributed by atoms with Crippen molar-refractivity contribution in [2.75, 3.05) is 6.61 Å². The number of carbonyl (C=O) groups is 1. The molecule has 0 bridgehead atoms. The maximum atomic E-state index is 12.8. The molecule has 0 atom stereocenters. The molecule has 2 aromatic heterocycles. The fourth-order valence-corrected chi connectivity index (χ4v) is 3.15. The van der Waals surface area contributed by atoms with Gasteiger partial charge in [0.25, 0.3) is 5.56 Å². The molecule has 0 spiro atoms. The number of nitrogens with zero attached hydrogens (tertiary/aromatic N) is 3. The third-order valence-electron chi connectivity index (χ3n) is 4.09. The lowest BCUT2D eigenvalue weighted by molar-refractivity contribution is 0.0523. The number of halogens is 1. The summed E-state index contributed by atoms with van der Waals surface area (Å²) in [7, 11) is 0. The van der Waals surface area contributed by atoms with E-state index in [2.05, 4.69) is 22.0 Å². The van der Waals surface area contributed by atoms with Gasteiger partial charge in [-0.2, -0.15) is 5.26 Å². The largest absolute Gasteiger partial charge is 0.462 e. The molecule has 0 unspecified atom stereocenters. The molecule has 26 heavy (non-hydrogen) atoms. The molecule has 6 nitrogen and oxygen atoms in total. The normalized spacial score (nSPS) is 10.7. The predicted octanol–water partition coefficient (Wildman–Crippen LogP) is 3.60. The van der Waals surface area contributed by atoms with Crippen molar-refractivity contribution in [1.82, 2.24) is 8.97 Å². The lowest BCUT2D eigenvalue weighted by Crippen LogP contribution is -2.26. The van der Waals surface area contributed by atoms with Crippen LogP contribution in [0.15, 0.2) is 45.9 Å². The molecule has 0 aliphatic rings. The summed E-state index contributed by atoms with van der Waals surface area (Å²) in [6, 6.07) is 9.67. The Morgan fingerprint density at radius 1 is 1.23 bits per heavy atom. The second-order valence-electron chi connectivity index (χ2n) is 5.58. The number of benzene rings is 1. The molecule has 7 heteroatoms. The van der Waals surface area contributed by atoms with Gasteiger partial charge in [-0.25, -0.2) is 4.79 Å². The zero-order valence-electron chi connectivity index (χ0n) is 14.3. The van der Waals surface area contributed by atoms with E-state index in [-0.39, 0.29) is 12.2 Å². The van der Waals surface area contributed by atoms with Crippen LogP contribution in [0.5, 0.6) is 0 Å². The molecular formula is C19H16BrN3O3. The molecule has 0 fully saturated rings. The monoisotopic (exact) mass is 413 g/mol. The number of carbonyl (C=O) groups excluding carboxylic acids is 1. The van der Waals surface area contributed by atoms with Gasteiger partial charge in [0.1, 0.15) is 22.8 Å². The number of fused-ring (bicyclic) bond motifs is 1. The number of hydrogen-bond acceptors (Lipinski definition) is 4. The summed E-state index contributed by atoms with van der Waals surface area (Å²) in [4.78, 5) is 24.9. The van der Waals surface area contributed by atoms with E-state index < -0.39 is 11.5 Å². The Morgan fingerprint density at radius 3 is 2.50 bits per heavy atom. The summed E-state index contributed by atoms with van der Waals surface area (Å²) < 4.78 is 8.97. The van der Waals surface area contributed by atoms with Crippen LogP contribution >= 0.6 is 15.9 Å². The van der Waals surface area contributed by atoms with Gasteiger partial charge >= 0.3 is 5.97 Å². The number of esters is 1. The van der Waals surface area contributed by atoms with Crippen molar-refractivity contribution in [3.05, 3.63) is 62.6 Å². The van der Waals surface area contributed by atoms with E-state index in [4.69, 9.17) is 4.74 Å². The minimum absolute atomic E-state index is 0.0527. The van der Waals surface area contributed by atoms with Crippen LogP contribution in [0.4, 0.5) is 0 Å². The first-order chi connectivity index (χ1) is 12.5. The number of aryl methyl sites for hydroxylation is 1. The quantitative estimate of drug-likeness (QED) is 0.612. The molecule has 0 saturated heterocycles. The number of ether oxygens (including phenoxy) is 1. The first-order valence-electron chi connectivity index (χ1n) is 8.13. The van der Waals surface area contributed by atoms with Crippen molar-refractivity contribution in [1.29, 1.82) is 5.26 Å². The number of hydrogen-bond donors (Lipinski definition) is 0. The highest BCUT2D eigenvalue weighted by Crippen LogP contribution is 2.29. The fraction of sp³-hybridized carbons (Fsp3) is 0.211. The lowest BCUT2D eigenvalue weighted by Gasteiger charge is -2.10. The summed E-state index contributed by atoms with van der Waals surface area (Å²) in [5, 5.41) is 9.72. The molecular weight excluding hydrogens is 398 g/mol. The number of rotatable bonds is 4. The second kappa shape index (κ2) is 7.18. The van der Waals surface area contributed by atoms with E-state index in [1.165, 1.54) is 10.6 Å². The van der Waals surface area contributed by atoms with E-state index in [1.54, 1.807) is 17.7 Å². The van der Waals surface area contributed by atoms with Gasteiger partial charge in [0.15, 0.2) is 0 Å². The highest BCUT2D eigenvalue weighted by molar-refractivity contribution is 9.10. The molecule has 2 heterocycles. The van der Waals surface area contributed by atoms with E-state index in [9.17, 15) is 14.9 Å². The van der Waals surface area contributed by atoms with Crippen molar-refractivity contribution in [3.8, 4) is 17.2 Å². The topological polar surface area (TPSA) is 76.5 Å². The first kappa shape index (κ1) is 18.0. The Labute approximate surface area is 158 Å².